The average molecular weight is 667 g/mol. The van der Waals surface area contributed by atoms with Gasteiger partial charge in [0, 0.05) is 29.6 Å². The van der Waals surface area contributed by atoms with Crippen LogP contribution in [-0.2, 0) is 32.6 Å². The van der Waals surface area contributed by atoms with Gasteiger partial charge in [-0.2, -0.15) is 0 Å². The Morgan fingerprint density at radius 3 is 2.07 bits per heavy atom. The number of benzene rings is 4. The summed E-state index contributed by atoms with van der Waals surface area (Å²) < 4.78 is 29.2. The van der Waals surface area contributed by atoms with Crippen LogP contribution in [0.4, 0.5) is 5.69 Å². The van der Waals surface area contributed by atoms with Crippen molar-refractivity contribution >= 4 is 50.7 Å². The first-order valence-electron chi connectivity index (χ1n) is 14.6. The number of nitrogens with one attached hydrogen (secondary N) is 1. The maximum Gasteiger partial charge on any atom is 0.264 e. The van der Waals surface area contributed by atoms with Crippen LogP contribution in [0.3, 0.4) is 0 Å². The molecule has 7 nitrogen and oxygen atoms in total. The largest absolute Gasteiger partial charge is 0.354 e. The van der Waals surface area contributed by atoms with Crippen molar-refractivity contribution in [3.05, 3.63) is 130 Å². The quantitative estimate of drug-likeness (QED) is 0.168. The molecule has 0 aliphatic carbocycles. The monoisotopic (exact) mass is 665 g/mol. The minimum absolute atomic E-state index is 0.0165. The molecule has 10 heteroatoms. The van der Waals surface area contributed by atoms with Gasteiger partial charge < -0.3 is 10.2 Å². The second-order valence-corrected chi connectivity index (χ2v) is 14.0. The highest BCUT2D eigenvalue weighted by Gasteiger charge is 2.34. The zero-order chi connectivity index (χ0) is 32.6. The third kappa shape index (κ3) is 9.33. The maximum absolute atomic E-state index is 14.5. The highest BCUT2D eigenvalue weighted by Crippen LogP contribution is 2.26. The molecule has 1 N–H and O–H groups in total. The van der Waals surface area contributed by atoms with E-state index in [1.54, 1.807) is 42.5 Å². The number of amides is 2. The van der Waals surface area contributed by atoms with E-state index in [4.69, 9.17) is 23.2 Å². The van der Waals surface area contributed by atoms with Crippen LogP contribution in [0, 0.1) is 12.8 Å². The van der Waals surface area contributed by atoms with E-state index in [0.717, 1.165) is 15.4 Å². The lowest BCUT2D eigenvalue weighted by molar-refractivity contribution is -0.140. The second-order valence-electron chi connectivity index (χ2n) is 11.3. The molecule has 0 radical (unpaired) electrons. The van der Waals surface area contributed by atoms with E-state index < -0.39 is 28.5 Å². The topological polar surface area (TPSA) is 86.8 Å². The van der Waals surface area contributed by atoms with Gasteiger partial charge in [0.2, 0.25) is 11.8 Å². The molecule has 4 rings (SSSR count). The van der Waals surface area contributed by atoms with E-state index in [9.17, 15) is 18.0 Å². The van der Waals surface area contributed by atoms with Crippen LogP contribution in [0.1, 0.15) is 30.5 Å². The van der Waals surface area contributed by atoms with Gasteiger partial charge in [-0.1, -0.05) is 97.2 Å². The molecule has 0 spiro atoms. The molecule has 236 valence electrons. The van der Waals surface area contributed by atoms with Gasteiger partial charge in [-0.3, -0.25) is 13.9 Å². The summed E-state index contributed by atoms with van der Waals surface area (Å²) in [5.41, 5.74) is 2.81. The Kier molecular flexibility index (Phi) is 11.7. The number of hydrogen-bond acceptors (Lipinski definition) is 4. The number of rotatable bonds is 13. The molecular formula is C35H37Cl2N3O4S. The summed E-state index contributed by atoms with van der Waals surface area (Å²) in [4.78, 5) is 29.7. The summed E-state index contributed by atoms with van der Waals surface area (Å²) in [6.45, 7) is 5.78. The molecule has 0 saturated carbocycles. The summed E-state index contributed by atoms with van der Waals surface area (Å²) in [6, 6.07) is 28.2. The van der Waals surface area contributed by atoms with Crippen molar-refractivity contribution in [2.75, 3.05) is 17.4 Å². The molecule has 0 unspecified atom stereocenters. The van der Waals surface area contributed by atoms with E-state index in [-0.39, 0.29) is 29.7 Å². The van der Waals surface area contributed by atoms with Crippen molar-refractivity contribution in [3.8, 4) is 0 Å². The highest BCUT2D eigenvalue weighted by molar-refractivity contribution is 7.92. The molecule has 1 atom stereocenters. The van der Waals surface area contributed by atoms with Crippen LogP contribution in [0.15, 0.2) is 108 Å². The molecule has 0 aliphatic rings. The summed E-state index contributed by atoms with van der Waals surface area (Å²) in [7, 11) is -4.21. The molecule has 0 fully saturated rings. The lowest BCUT2D eigenvalue weighted by atomic mass is 10.0. The molecule has 4 aromatic rings. The standard InChI is InChI=1S/C35H37Cl2N3O4S/c1-25(2)22-38-35(42)33(21-27-8-5-4-6-9-27)39(23-28-10-7-11-30(37)20-28)34(41)24-40(31-16-12-26(3)13-17-31)45(43,44)32-18-14-29(36)15-19-32/h4-20,25,33H,21-24H2,1-3H3,(H,38,42)/t33-/m1/s1. The first-order chi connectivity index (χ1) is 21.4. The Morgan fingerprint density at radius 1 is 0.800 bits per heavy atom. The molecule has 0 bridgehead atoms. The second kappa shape index (κ2) is 15.4. The van der Waals surface area contributed by atoms with Crippen molar-refractivity contribution in [2.45, 2.75) is 44.7 Å². The Labute approximate surface area is 275 Å². The molecule has 0 aromatic heterocycles. The fourth-order valence-electron chi connectivity index (χ4n) is 4.78. The number of carbonyl (C=O) groups is 2. The lowest BCUT2D eigenvalue weighted by Gasteiger charge is -2.34. The minimum atomic E-state index is -4.21. The van der Waals surface area contributed by atoms with Gasteiger partial charge >= 0.3 is 0 Å². The van der Waals surface area contributed by atoms with Crippen LogP contribution >= 0.6 is 23.2 Å². The van der Waals surface area contributed by atoms with E-state index >= 15 is 0 Å². The van der Waals surface area contributed by atoms with Gasteiger partial charge in [-0.25, -0.2) is 8.42 Å². The summed E-state index contributed by atoms with van der Waals surface area (Å²) >= 11 is 12.3. The third-order valence-electron chi connectivity index (χ3n) is 7.20. The van der Waals surface area contributed by atoms with Crippen LogP contribution < -0.4 is 9.62 Å². The molecule has 0 saturated heterocycles. The highest BCUT2D eigenvalue weighted by atomic mass is 35.5. The average Bonchev–Trinajstić information content (AvgIpc) is 3.01. The fraction of sp³-hybridized carbons (Fsp3) is 0.257. The summed E-state index contributed by atoms with van der Waals surface area (Å²) in [5, 5.41) is 3.85. The van der Waals surface area contributed by atoms with Crippen molar-refractivity contribution in [3.63, 3.8) is 0 Å². The maximum atomic E-state index is 14.5. The third-order valence-corrected chi connectivity index (χ3v) is 9.48. The van der Waals surface area contributed by atoms with Crippen molar-refractivity contribution in [2.24, 2.45) is 5.92 Å². The smallest absolute Gasteiger partial charge is 0.264 e. The molecular weight excluding hydrogens is 629 g/mol. The van der Waals surface area contributed by atoms with E-state index in [1.165, 1.54) is 29.2 Å². The zero-order valence-electron chi connectivity index (χ0n) is 25.5. The van der Waals surface area contributed by atoms with Gasteiger partial charge in [-0.05, 0) is 72.5 Å². The molecule has 0 heterocycles. The number of sulfonamides is 1. The fourth-order valence-corrected chi connectivity index (χ4v) is 6.54. The van der Waals surface area contributed by atoms with Gasteiger partial charge in [0.15, 0.2) is 0 Å². The van der Waals surface area contributed by atoms with Gasteiger partial charge in [0.1, 0.15) is 12.6 Å². The van der Waals surface area contributed by atoms with Crippen LogP contribution in [-0.4, -0.2) is 44.3 Å². The van der Waals surface area contributed by atoms with Gasteiger partial charge in [-0.15, -0.1) is 0 Å². The Bertz CT molecular complexity index is 1700. The minimum Gasteiger partial charge on any atom is -0.354 e. The summed E-state index contributed by atoms with van der Waals surface area (Å²) in [5.74, 6) is -0.691. The number of anilines is 1. The Balaban J connectivity index is 1.79. The molecule has 2 amide bonds. The summed E-state index contributed by atoms with van der Waals surface area (Å²) in [6.07, 6.45) is 0.228. The Morgan fingerprint density at radius 2 is 1.44 bits per heavy atom. The number of halogens is 2. The zero-order valence-corrected chi connectivity index (χ0v) is 27.8. The van der Waals surface area contributed by atoms with Crippen molar-refractivity contribution in [1.29, 1.82) is 0 Å². The van der Waals surface area contributed by atoms with E-state index in [2.05, 4.69) is 5.32 Å². The lowest BCUT2D eigenvalue weighted by Crippen LogP contribution is -2.53. The first kappa shape index (κ1) is 34.0. The number of nitrogens with zero attached hydrogens (tertiary/aromatic N) is 2. The normalized spacial score (nSPS) is 12.0. The predicted molar refractivity (Wildman–Crippen MR) is 181 cm³/mol. The van der Waals surface area contributed by atoms with Crippen LogP contribution in [0.5, 0.6) is 0 Å². The van der Waals surface area contributed by atoms with Crippen LogP contribution in [0.25, 0.3) is 0 Å². The molecule has 45 heavy (non-hydrogen) atoms. The van der Waals surface area contributed by atoms with Crippen LogP contribution in [0.2, 0.25) is 10.0 Å². The van der Waals surface area contributed by atoms with Gasteiger partial charge in [0.05, 0.1) is 10.6 Å². The number of hydrogen-bond donors (Lipinski definition) is 1. The van der Waals surface area contributed by atoms with Crippen molar-refractivity contribution < 1.29 is 18.0 Å². The molecule has 4 aromatic carbocycles. The van der Waals surface area contributed by atoms with Gasteiger partial charge in [0.25, 0.3) is 10.0 Å². The predicted octanol–water partition coefficient (Wildman–Crippen LogP) is 6.91. The number of aryl methyl sites for hydroxylation is 1. The number of carbonyl (C=O) groups excluding carboxylic acids is 2. The SMILES string of the molecule is Cc1ccc(N(CC(=O)N(Cc2cccc(Cl)c2)[C@H](Cc2ccccc2)C(=O)NCC(C)C)S(=O)(=O)c2ccc(Cl)cc2)cc1. The molecule has 0 aliphatic heterocycles. The van der Waals surface area contributed by atoms with E-state index in [0.29, 0.717) is 27.8 Å². The Hall–Kier alpha value is -3.85. The van der Waals surface area contributed by atoms with Crippen molar-refractivity contribution in [1.82, 2.24) is 10.2 Å². The van der Waals surface area contributed by atoms with E-state index in [1.807, 2.05) is 57.2 Å². The first-order valence-corrected chi connectivity index (χ1v) is 16.8.